The Morgan fingerprint density at radius 1 is 0.935 bits per heavy atom. The molecule has 1 aliphatic heterocycles. The number of benzene rings is 2. The van der Waals surface area contributed by atoms with Crippen LogP contribution in [0.4, 0.5) is 10.1 Å². The molecule has 1 saturated heterocycles. The summed E-state index contributed by atoms with van der Waals surface area (Å²) >= 11 is 0. The van der Waals surface area contributed by atoms with E-state index in [0.29, 0.717) is 26.2 Å². The van der Waals surface area contributed by atoms with Crippen molar-refractivity contribution in [2.75, 3.05) is 37.7 Å². The highest BCUT2D eigenvalue weighted by Gasteiger charge is 2.27. The molecule has 1 N–H and O–H groups in total. The van der Waals surface area contributed by atoms with E-state index in [1.54, 1.807) is 35.2 Å². The molecule has 162 valence electrons. The number of esters is 1. The molecule has 0 aromatic heterocycles. The van der Waals surface area contributed by atoms with Gasteiger partial charge in [0.25, 0.3) is 11.8 Å². The van der Waals surface area contributed by atoms with E-state index in [2.05, 4.69) is 10.2 Å². The molecule has 0 radical (unpaired) electrons. The maximum absolute atomic E-state index is 13.1. The molecule has 7 nitrogen and oxygen atoms in total. The average Bonchev–Trinajstić information content (AvgIpc) is 3.61. The van der Waals surface area contributed by atoms with Gasteiger partial charge >= 0.3 is 5.97 Å². The molecule has 2 aromatic rings. The summed E-state index contributed by atoms with van der Waals surface area (Å²) in [6.45, 7) is 1.79. The summed E-state index contributed by atoms with van der Waals surface area (Å²) in [4.78, 5) is 41.1. The van der Waals surface area contributed by atoms with Gasteiger partial charge in [-0.05, 0) is 49.2 Å². The Morgan fingerprint density at radius 3 is 2.23 bits per heavy atom. The number of hydrogen-bond donors (Lipinski definition) is 1. The highest BCUT2D eigenvalue weighted by atomic mass is 19.1. The average molecular weight is 425 g/mol. The van der Waals surface area contributed by atoms with Crippen LogP contribution in [0.3, 0.4) is 0 Å². The number of carbonyl (C=O) groups excluding carboxylic acids is 3. The lowest BCUT2D eigenvalue weighted by atomic mass is 10.1. The summed E-state index contributed by atoms with van der Waals surface area (Å²) in [6.07, 6.45) is 1.90. The van der Waals surface area contributed by atoms with Crippen LogP contribution < -0.4 is 10.2 Å². The van der Waals surface area contributed by atoms with Gasteiger partial charge in [0.1, 0.15) is 5.82 Å². The van der Waals surface area contributed by atoms with Crippen molar-refractivity contribution < 1.29 is 23.5 Å². The second-order valence-corrected chi connectivity index (χ2v) is 7.72. The van der Waals surface area contributed by atoms with Gasteiger partial charge in [-0.15, -0.1) is 0 Å². The first kappa shape index (κ1) is 20.8. The molecule has 2 aliphatic rings. The van der Waals surface area contributed by atoms with Gasteiger partial charge in [0.2, 0.25) is 0 Å². The topological polar surface area (TPSA) is 79.0 Å². The Morgan fingerprint density at radius 2 is 1.58 bits per heavy atom. The first-order valence-electron chi connectivity index (χ1n) is 10.4. The summed E-state index contributed by atoms with van der Waals surface area (Å²) in [5.41, 5.74) is 1.31. The lowest BCUT2D eigenvalue weighted by Crippen LogP contribution is -2.49. The van der Waals surface area contributed by atoms with Crippen molar-refractivity contribution in [3.63, 3.8) is 0 Å². The second-order valence-electron chi connectivity index (χ2n) is 7.72. The van der Waals surface area contributed by atoms with Gasteiger partial charge in [0.05, 0.1) is 11.1 Å². The van der Waals surface area contributed by atoms with Gasteiger partial charge in [-0.25, -0.2) is 9.18 Å². The van der Waals surface area contributed by atoms with Crippen molar-refractivity contribution in [2.45, 2.75) is 18.9 Å². The highest BCUT2D eigenvalue weighted by Crippen LogP contribution is 2.20. The number of hydrogen-bond acceptors (Lipinski definition) is 5. The Bertz CT molecular complexity index is 967. The monoisotopic (exact) mass is 425 g/mol. The molecule has 0 atom stereocenters. The number of rotatable bonds is 6. The van der Waals surface area contributed by atoms with Crippen LogP contribution in [-0.2, 0) is 9.53 Å². The molecule has 31 heavy (non-hydrogen) atoms. The summed E-state index contributed by atoms with van der Waals surface area (Å²) in [6, 6.07) is 12.9. The van der Waals surface area contributed by atoms with E-state index in [1.165, 1.54) is 18.2 Å². The predicted octanol–water partition coefficient (Wildman–Crippen LogP) is 2.22. The lowest BCUT2D eigenvalue weighted by molar-refractivity contribution is -0.124. The zero-order valence-corrected chi connectivity index (χ0v) is 17.1. The van der Waals surface area contributed by atoms with Crippen LogP contribution in [0.15, 0.2) is 48.5 Å². The minimum absolute atomic E-state index is 0.146. The van der Waals surface area contributed by atoms with Gasteiger partial charge in [-0.2, -0.15) is 0 Å². The van der Waals surface area contributed by atoms with Crippen molar-refractivity contribution in [2.24, 2.45) is 0 Å². The van der Waals surface area contributed by atoms with Gasteiger partial charge in [0.15, 0.2) is 6.61 Å². The van der Waals surface area contributed by atoms with Crippen LogP contribution in [0.1, 0.15) is 33.6 Å². The third-order valence-corrected chi connectivity index (χ3v) is 5.41. The first-order chi connectivity index (χ1) is 15.0. The summed E-state index contributed by atoms with van der Waals surface area (Å²) in [5.74, 6) is -1.57. The maximum Gasteiger partial charge on any atom is 0.339 e. The number of carbonyl (C=O) groups is 3. The standard InChI is InChI=1S/C23H24FN3O4/c24-16-5-9-18(10-6-16)26-11-13-27(14-12-26)22(29)19-3-1-2-4-20(19)23(30)31-15-21(28)25-17-7-8-17/h1-6,9-10,17H,7-8,11-15H2,(H,25,28). The number of anilines is 1. The van der Waals surface area contributed by atoms with E-state index < -0.39 is 5.97 Å². The Kier molecular flexibility index (Phi) is 6.16. The van der Waals surface area contributed by atoms with E-state index in [-0.39, 0.29) is 41.4 Å². The zero-order chi connectivity index (χ0) is 21.8. The molecule has 2 fully saturated rings. The molecule has 1 heterocycles. The molecule has 8 heteroatoms. The lowest BCUT2D eigenvalue weighted by Gasteiger charge is -2.36. The van der Waals surface area contributed by atoms with Crippen LogP contribution >= 0.6 is 0 Å². The number of amides is 2. The number of piperazine rings is 1. The van der Waals surface area contributed by atoms with Crippen LogP contribution in [0.25, 0.3) is 0 Å². The van der Waals surface area contributed by atoms with E-state index in [0.717, 1.165) is 18.5 Å². The van der Waals surface area contributed by atoms with Crippen LogP contribution in [0.5, 0.6) is 0 Å². The molecular weight excluding hydrogens is 401 g/mol. The van der Waals surface area contributed by atoms with Gasteiger partial charge < -0.3 is 19.9 Å². The number of nitrogens with zero attached hydrogens (tertiary/aromatic N) is 2. The number of ether oxygens (including phenoxy) is 1. The highest BCUT2D eigenvalue weighted by molar-refractivity contribution is 6.05. The molecule has 0 spiro atoms. The third-order valence-electron chi connectivity index (χ3n) is 5.41. The van der Waals surface area contributed by atoms with E-state index in [9.17, 15) is 18.8 Å². The maximum atomic E-state index is 13.1. The number of nitrogens with one attached hydrogen (secondary N) is 1. The fourth-order valence-electron chi connectivity index (χ4n) is 3.54. The molecule has 1 aliphatic carbocycles. The molecule has 2 amide bonds. The number of halogens is 1. The fraction of sp³-hybridized carbons (Fsp3) is 0.348. The smallest absolute Gasteiger partial charge is 0.339 e. The molecular formula is C23H24FN3O4. The van der Waals surface area contributed by atoms with E-state index in [1.807, 2.05) is 0 Å². The minimum Gasteiger partial charge on any atom is -0.452 e. The van der Waals surface area contributed by atoms with Crippen molar-refractivity contribution in [3.05, 3.63) is 65.5 Å². The van der Waals surface area contributed by atoms with Crippen LogP contribution in [-0.4, -0.2) is 61.5 Å². The summed E-state index contributed by atoms with van der Waals surface area (Å²) in [7, 11) is 0. The van der Waals surface area contributed by atoms with Gasteiger partial charge in [-0.3, -0.25) is 9.59 Å². The first-order valence-corrected chi connectivity index (χ1v) is 10.4. The van der Waals surface area contributed by atoms with Crippen molar-refractivity contribution in [3.8, 4) is 0 Å². The predicted molar refractivity (Wildman–Crippen MR) is 112 cm³/mol. The van der Waals surface area contributed by atoms with E-state index in [4.69, 9.17) is 4.74 Å². The SMILES string of the molecule is O=C(COC(=O)c1ccccc1C(=O)N1CCN(c2ccc(F)cc2)CC1)NC1CC1. The fourth-order valence-corrected chi connectivity index (χ4v) is 3.54. The normalized spacial score (nSPS) is 16.0. The van der Waals surface area contributed by atoms with Crippen LogP contribution in [0.2, 0.25) is 0 Å². The van der Waals surface area contributed by atoms with Crippen molar-refractivity contribution in [1.29, 1.82) is 0 Å². The molecule has 1 saturated carbocycles. The van der Waals surface area contributed by atoms with E-state index >= 15 is 0 Å². The van der Waals surface area contributed by atoms with Crippen molar-refractivity contribution in [1.82, 2.24) is 10.2 Å². The molecule has 0 bridgehead atoms. The van der Waals surface area contributed by atoms with Crippen LogP contribution in [0, 0.1) is 5.82 Å². The summed E-state index contributed by atoms with van der Waals surface area (Å²) < 4.78 is 18.3. The second kappa shape index (κ2) is 9.16. The molecule has 2 aromatic carbocycles. The van der Waals surface area contributed by atoms with Gasteiger partial charge in [-0.1, -0.05) is 12.1 Å². The van der Waals surface area contributed by atoms with Gasteiger partial charge in [0, 0.05) is 37.9 Å². The quantitative estimate of drug-likeness (QED) is 0.718. The molecule has 0 unspecified atom stereocenters. The zero-order valence-electron chi connectivity index (χ0n) is 17.1. The minimum atomic E-state index is -0.695. The Balaban J connectivity index is 1.37. The summed E-state index contributed by atoms with van der Waals surface area (Å²) in [5, 5.41) is 2.75. The third kappa shape index (κ3) is 5.20. The van der Waals surface area contributed by atoms with Crippen molar-refractivity contribution >= 4 is 23.5 Å². The Hall–Kier alpha value is -3.42. The molecule has 4 rings (SSSR count). The Labute approximate surface area is 179 Å². The largest absolute Gasteiger partial charge is 0.452 e.